The van der Waals surface area contributed by atoms with Crippen LogP contribution in [0.15, 0.2) is 79.0 Å². The Balaban J connectivity index is 1.71. The smallest absolute Gasteiger partial charge is 0.200 e. The standard InChI is InChI=1S/C32H18F5NO/c1-39-24-16-19(12-13-23-27(33)29(35)31(37)30(36)28(23)34)26(22-9-5-4-8-21(22)24)32-25-18(14-15-38-32)11-10-17-6-2-3-7-20(17)25/h2-16H,1H3/b13-12-. The van der Waals surface area contributed by atoms with Crippen molar-refractivity contribution in [1.82, 2.24) is 4.98 Å². The first-order valence-corrected chi connectivity index (χ1v) is 12.0. The molecule has 0 saturated carbocycles. The molecule has 0 aliphatic rings. The molecule has 6 rings (SSSR count). The molecule has 0 aliphatic carbocycles. The zero-order valence-corrected chi connectivity index (χ0v) is 20.4. The van der Waals surface area contributed by atoms with Crippen LogP contribution in [0.1, 0.15) is 11.1 Å². The maximum Gasteiger partial charge on any atom is 0.200 e. The van der Waals surface area contributed by atoms with Crippen molar-refractivity contribution in [2.24, 2.45) is 0 Å². The van der Waals surface area contributed by atoms with E-state index in [9.17, 15) is 22.0 Å². The van der Waals surface area contributed by atoms with Gasteiger partial charge in [-0.15, -0.1) is 0 Å². The summed E-state index contributed by atoms with van der Waals surface area (Å²) in [6.07, 6.45) is 3.86. The predicted molar refractivity (Wildman–Crippen MR) is 144 cm³/mol. The van der Waals surface area contributed by atoms with Crippen LogP contribution in [-0.4, -0.2) is 12.1 Å². The van der Waals surface area contributed by atoms with E-state index in [1.54, 1.807) is 12.3 Å². The summed E-state index contributed by atoms with van der Waals surface area (Å²) in [5.74, 6) is -9.57. The molecule has 0 atom stereocenters. The summed E-state index contributed by atoms with van der Waals surface area (Å²) in [5, 5.41) is 5.23. The maximum atomic E-state index is 14.5. The number of fused-ring (bicyclic) bond motifs is 4. The molecular formula is C32H18F5NO. The summed E-state index contributed by atoms with van der Waals surface area (Å²) in [7, 11) is 1.49. The van der Waals surface area contributed by atoms with E-state index < -0.39 is 34.6 Å². The van der Waals surface area contributed by atoms with Gasteiger partial charge in [-0.25, -0.2) is 22.0 Å². The third-order valence-corrected chi connectivity index (χ3v) is 6.82. The molecule has 0 bridgehead atoms. The first kappa shape index (κ1) is 24.6. The second-order valence-electron chi connectivity index (χ2n) is 8.95. The number of benzene rings is 5. The topological polar surface area (TPSA) is 22.1 Å². The Kier molecular flexibility index (Phi) is 5.99. The van der Waals surface area contributed by atoms with Crippen molar-refractivity contribution in [2.45, 2.75) is 0 Å². The molecule has 192 valence electrons. The average Bonchev–Trinajstić information content (AvgIpc) is 2.98. The van der Waals surface area contributed by atoms with Gasteiger partial charge in [0.15, 0.2) is 23.3 Å². The van der Waals surface area contributed by atoms with Crippen LogP contribution in [0.3, 0.4) is 0 Å². The summed E-state index contributed by atoms with van der Waals surface area (Å²) in [4.78, 5) is 4.73. The van der Waals surface area contributed by atoms with Gasteiger partial charge in [-0.2, -0.15) is 0 Å². The van der Waals surface area contributed by atoms with E-state index in [0.29, 0.717) is 22.6 Å². The average molecular weight is 527 g/mol. The van der Waals surface area contributed by atoms with Gasteiger partial charge in [-0.3, -0.25) is 4.98 Å². The van der Waals surface area contributed by atoms with Gasteiger partial charge >= 0.3 is 0 Å². The van der Waals surface area contributed by atoms with E-state index in [1.807, 2.05) is 66.7 Å². The number of ether oxygens (including phenoxy) is 1. The van der Waals surface area contributed by atoms with Gasteiger partial charge in [-0.05, 0) is 45.3 Å². The monoisotopic (exact) mass is 527 g/mol. The number of pyridine rings is 1. The normalized spacial score (nSPS) is 11.7. The van der Waals surface area contributed by atoms with Gasteiger partial charge in [0.05, 0.1) is 18.4 Å². The highest BCUT2D eigenvalue weighted by Crippen LogP contribution is 2.42. The molecule has 6 aromatic rings. The highest BCUT2D eigenvalue weighted by atomic mass is 19.2. The van der Waals surface area contributed by atoms with Crippen LogP contribution >= 0.6 is 0 Å². The maximum absolute atomic E-state index is 14.5. The Morgan fingerprint density at radius 2 is 1.26 bits per heavy atom. The summed E-state index contributed by atoms with van der Waals surface area (Å²) in [6, 6.07) is 22.8. The van der Waals surface area contributed by atoms with Gasteiger partial charge in [0, 0.05) is 22.5 Å². The van der Waals surface area contributed by atoms with Crippen LogP contribution in [0.25, 0.3) is 55.7 Å². The highest BCUT2D eigenvalue weighted by Gasteiger charge is 2.25. The molecule has 0 N–H and O–H groups in total. The molecule has 0 saturated heterocycles. The second-order valence-corrected chi connectivity index (χ2v) is 8.95. The van der Waals surface area contributed by atoms with E-state index >= 15 is 0 Å². The summed E-state index contributed by atoms with van der Waals surface area (Å²) in [5.41, 5.74) is 0.594. The molecule has 0 amide bonds. The summed E-state index contributed by atoms with van der Waals surface area (Å²) >= 11 is 0. The fourth-order valence-corrected chi connectivity index (χ4v) is 5.01. The Labute approximate surface area is 219 Å². The molecular weight excluding hydrogens is 509 g/mol. The van der Waals surface area contributed by atoms with Gasteiger partial charge < -0.3 is 4.74 Å². The number of hydrogen-bond donors (Lipinski definition) is 0. The second kappa shape index (κ2) is 9.51. The summed E-state index contributed by atoms with van der Waals surface area (Å²) in [6.45, 7) is 0. The van der Waals surface area contributed by atoms with Gasteiger partial charge in [0.25, 0.3) is 0 Å². The Morgan fingerprint density at radius 1 is 0.641 bits per heavy atom. The Hall–Kier alpha value is -4.78. The van der Waals surface area contributed by atoms with Crippen LogP contribution in [0, 0.1) is 29.1 Å². The quantitative estimate of drug-likeness (QED) is 0.0750. The third-order valence-electron chi connectivity index (χ3n) is 6.82. The van der Waals surface area contributed by atoms with E-state index in [-0.39, 0.29) is 0 Å². The van der Waals surface area contributed by atoms with Crippen molar-refractivity contribution < 1.29 is 26.7 Å². The van der Waals surface area contributed by atoms with E-state index in [4.69, 9.17) is 9.72 Å². The lowest BCUT2D eigenvalue weighted by Crippen LogP contribution is -2.03. The van der Waals surface area contributed by atoms with Crippen molar-refractivity contribution in [3.8, 4) is 17.0 Å². The molecule has 0 fully saturated rings. The van der Waals surface area contributed by atoms with Crippen LogP contribution < -0.4 is 4.74 Å². The lowest BCUT2D eigenvalue weighted by molar-refractivity contribution is 0.377. The molecule has 39 heavy (non-hydrogen) atoms. The lowest BCUT2D eigenvalue weighted by atomic mass is 9.90. The largest absolute Gasteiger partial charge is 0.496 e. The van der Waals surface area contributed by atoms with Gasteiger partial charge in [0.2, 0.25) is 5.82 Å². The fraction of sp³-hybridized carbons (Fsp3) is 0.0312. The third kappa shape index (κ3) is 3.89. The first-order valence-electron chi connectivity index (χ1n) is 12.0. The molecule has 1 heterocycles. The number of halogens is 5. The van der Waals surface area contributed by atoms with Crippen molar-refractivity contribution in [3.63, 3.8) is 0 Å². The number of hydrogen-bond acceptors (Lipinski definition) is 2. The predicted octanol–water partition coefficient (Wildman–Crippen LogP) is 9.08. The number of aromatic nitrogens is 1. The molecule has 0 aliphatic heterocycles. The van der Waals surface area contributed by atoms with Crippen LogP contribution in [-0.2, 0) is 0 Å². The summed E-state index contributed by atoms with van der Waals surface area (Å²) < 4.78 is 76.0. The zero-order chi connectivity index (χ0) is 27.3. The van der Waals surface area contributed by atoms with Crippen molar-refractivity contribution in [3.05, 3.63) is 119 Å². The van der Waals surface area contributed by atoms with E-state index in [0.717, 1.165) is 38.4 Å². The number of rotatable bonds is 4. The van der Waals surface area contributed by atoms with Crippen molar-refractivity contribution in [1.29, 1.82) is 0 Å². The Bertz CT molecular complexity index is 1940. The SMILES string of the molecule is COc1cc(/C=C\c2c(F)c(F)c(F)c(F)c2F)c(-c2nccc3ccc4ccccc4c23)c2ccccc12. The van der Waals surface area contributed by atoms with Crippen LogP contribution in [0.5, 0.6) is 5.75 Å². The molecule has 5 aromatic carbocycles. The molecule has 0 radical (unpaired) electrons. The van der Waals surface area contributed by atoms with Crippen molar-refractivity contribution in [2.75, 3.05) is 7.11 Å². The van der Waals surface area contributed by atoms with E-state index in [1.165, 1.54) is 13.2 Å². The fourth-order valence-electron chi connectivity index (χ4n) is 5.01. The van der Waals surface area contributed by atoms with E-state index in [2.05, 4.69) is 0 Å². The van der Waals surface area contributed by atoms with Gasteiger partial charge in [-0.1, -0.05) is 66.7 Å². The molecule has 2 nitrogen and oxygen atoms in total. The highest BCUT2D eigenvalue weighted by molar-refractivity contribution is 6.17. The molecule has 7 heteroatoms. The van der Waals surface area contributed by atoms with Crippen molar-refractivity contribution >= 4 is 44.5 Å². The minimum Gasteiger partial charge on any atom is -0.496 e. The minimum atomic E-state index is -2.21. The minimum absolute atomic E-state index is 0.419. The van der Waals surface area contributed by atoms with Crippen LogP contribution in [0.2, 0.25) is 0 Å². The lowest BCUT2D eigenvalue weighted by Gasteiger charge is -2.17. The zero-order valence-electron chi connectivity index (χ0n) is 20.4. The first-order chi connectivity index (χ1) is 18.9. The molecule has 0 unspecified atom stereocenters. The molecule has 1 aromatic heterocycles. The number of methoxy groups -OCH3 is 1. The number of nitrogens with zero attached hydrogens (tertiary/aromatic N) is 1. The van der Waals surface area contributed by atoms with Crippen LogP contribution in [0.4, 0.5) is 22.0 Å². The van der Waals surface area contributed by atoms with Gasteiger partial charge in [0.1, 0.15) is 5.75 Å². The Morgan fingerprint density at radius 3 is 1.97 bits per heavy atom. The molecule has 0 spiro atoms.